The zero-order valence-electron chi connectivity index (χ0n) is 14.8. The Labute approximate surface area is 157 Å². The molecule has 2 rings (SSSR count). The Morgan fingerprint density at radius 2 is 1.85 bits per heavy atom. The number of hydrogen-bond donors (Lipinski definition) is 1. The molecule has 0 saturated carbocycles. The number of halogens is 1. The molecule has 0 aliphatic heterocycles. The van der Waals surface area contributed by atoms with E-state index in [0.29, 0.717) is 16.5 Å². The van der Waals surface area contributed by atoms with Gasteiger partial charge in [0.1, 0.15) is 5.75 Å². The number of nitrogens with one attached hydrogen (secondary N) is 1. The van der Waals surface area contributed by atoms with Crippen LogP contribution >= 0.6 is 11.6 Å². The molecule has 6 heteroatoms. The summed E-state index contributed by atoms with van der Waals surface area (Å²) in [5.74, 6) is -0.630. The number of ether oxygens (including phenoxy) is 2. The minimum Gasteiger partial charge on any atom is -0.495 e. The molecule has 1 atom stereocenters. The van der Waals surface area contributed by atoms with Crippen molar-refractivity contribution >= 4 is 35.2 Å². The first-order chi connectivity index (χ1) is 12.4. The van der Waals surface area contributed by atoms with Crippen LogP contribution in [-0.2, 0) is 14.3 Å². The molecule has 2 aromatic carbocycles. The molecule has 0 spiro atoms. The molecule has 0 heterocycles. The molecule has 0 aliphatic rings. The van der Waals surface area contributed by atoms with Gasteiger partial charge >= 0.3 is 5.97 Å². The van der Waals surface area contributed by atoms with E-state index in [2.05, 4.69) is 5.32 Å². The molecule has 0 aliphatic carbocycles. The number of methoxy groups -OCH3 is 1. The van der Waals surface area contributed by atoms with Crippen LogP contribution in [0.1, 0.15) is 18.1 Å². The largest absolute Gasteiger partial charge is 0.495 e. The van der Waals surface area contributed by atoms with Crippen LogP contribution in [0.2, 0.25) is 5.02 Å². The Morgan fingerprint density at radius 1 is 1.15 bits per heavy atom. The number of rotatable bonds is 6. The second-order valence-electron chi connectivity index (χ2n) is 5.66. The standard InChI is InChI=1S/C20H20ClNO4/c1-13-4-6-15(7-5-13)8-11-19(23)26-14(2)20(24)22-17-12-16(21)9-10-18(17)25-3/h4-12,14H,1-3H3,(H,22,24)/b11-8+. The Kier molecular flexibility index (Phi) is 6.81. The Bertz CT molecular complexity index is 815. The second-order valence-corrected chi connectivity index (χ2v) is 6.09. The van der Waals surface area contributed by atoms with Gasteiger partial charge in [0.15, 0.2) is 6.10 Å². The number of amides is 1. The monoisotopic (exact) mass is 373 g/mol. The average molecular weight is 374 g/mol. The SMILES string of the molecule is COc1ccc(Cl)cc1NC(=O)C(C)OC(=O)/C=C/c1ccc(C)cc1. The van der Waals surface area contributed by atoms with E-state index in [1.807, 2.05) is 31.2 Å². The fourth-order valence-electron chi connectivity index (χ4n) is 2.12. The summed E-state index contributed by atoms with van der Waals surface area (Å²) in [5, 5.41) is 3.09. The smallest absolute Gasteiger partial charge is 0.331 e. The molecule has 136 valence electrons. The van der Waals surface area contributed by atoms with Crippen LogP contribution in [0.5, 0.6) is 5.75 Å². The van der Waals surface area contributed by atoms with Gasteiger partial charge in [-0.2, -0.15) is 0 Å². The van der Waals surface area contributed by atoms with Gasteiger partial charge in [0, 0.05) is 11.1 Å². The van der Waals surface area contributed by atoms with Crippen molar-refractivity contribution in [2.45, 2.75) is 20.0 Å². The molecule has 0 radical (unpaired) electrons. The van der Waals surface area contributed by atoms with Gasteiger partial charge in [-0.05, 0) is 43.7 Å². The van der Waals surface area contributed by atoms with Gasteiger partial charge in [-0.3, -0.25) is 4.79 Å². The predicted octanol–water partition coefficient (Wildman–Crippen LogP) is 4.24. The average Bonchev–Trinajstić information content (AvgIpc) is 2.61. The van der Waals surface area contributed by atoms with Crippen molar-refractivity contribution in [3.63, 3.8) is 0 Å². The van der Waals surface area contributed by atoms with E-state index in [1.165, 1.54) is 20.1 Å². The first kappa shape index (κ1) is 19.5. The highest BCUT2D eigenvalue weighted by Crippen LogP contribution is 2.27. The first-order valence-electron chi connectivity index (χ1n) is 7.99. The summed E-state index contributed by atoms with van der Waals surface area (Å²) in [6, 6.07) is 12.5. The van der Waals surface area contributed by atoms with E-state index in [1.54, 1.807) is 24.3 Å². The molecule has 1 unspecified atom stereocenters. The van der Waals surface area contributed by atoms with E-state index < -0.39 is 18.0 Å². The van der Waals surface area contributed by atoms with Crippen molar-refractivity contribution in [3.05, 3.63) is 64.7 Å². The van der Waals surface area contributed by atoms with Gasteiger partial charge in [0.05, 0.1) is 12.8 Å². The molecule has 0 bridgehead atoms. The van der Waals surface area contributed by atoms with Crippen molar-refractivity contribution in [1.82, 2.24) is 0 Å². The van der Waals surface area contributed by atoms with Crippen LogP contribution < -0.4 is 10.1 Å². The zero-order valence-corrected chi connectivity index (χ0v) is 15.5. The third-order valence-corrected chi connectivity index (χ3v) is 3.81. The molecule has 1 N–H and O–H groups in total. The minimum absolute atomic E-state index is 0.406. The maximum atomic E-state index is 12.2. The highest BCUT2D eigenvalue weighted by Gasteiger charge is 2.18. The van der Waals surface area contributed by atoms with E-state index >= 15 is 0 Å². The summed E-state index contributed by atoms with van der Waals surface area (Å²) in [4.78, 5) is 24.1. The Hall–Kier alpha value is -2.79. The fourth-order valence-corrected chi connectivity index (χ4v) is 2.29. The Balaban J connectivity index is 1.95. The minimum atomic E-state index is -0.978. The molecular weight excluding hydrogens is 354 g/mol. The molecule has 1 amide bonds. The number of esters is 1. The summed E-state index contributed by atoms with van der Waals surface area (Å²) in [6.45, 7) is 3.47. The first-order valence-corrected chi connectivity index (χ1v) is 8.36. The second kappa shape index (κ2) is 9.06. The summed E-state index contributed by atoms with van der Waals surface area (Å²) in [7, 11) is 1.48. The van der Waals surface area contributed by atoms with Crippen molar-refractivity contribution in [2.24, 2.45) is 0 Å². The molecular formula is C20H20ClNO4. The third kappa shape index (κ3) is 5.63. The van der Waals surface area contributed by atoms with Crippen molar-refractivity contribution in [2.75, 3.05) is 12.4 Å². The summed E-state index contributed by atoms with van der Waals surface area (Å²) >= 11 is 5.93. The van der Waals surface area contributed by atoms with Gasteiger partial charge in [-0.25, -0.2) is 4.79 Å². The lowest BCUT2D eigenvalue weighted by molar-refractivity contribution is -0.148. The fraction of sp³-hybridized carbons (Fsp3) is 0.200. The molecule has 0 aromatic heterocycles. The molecule has 26 heavy (non-hydrogen) atoms. The molecule has 2 aromatic rings. The van der Waals surface area contributed by atoms with Gasteiger partial charge in [-0.1, -0.05) is 41.4 Å². The van der Waals surface area contributed by atoms with Gasteiger partial charge in [0.25, 0.3) is 5.91 Å². The highest BCUT2D eigenvalue weighted by atomic mass is 35.5. The normalized spacial score (nSPS) is 11.8. The summed E-state index contributed by atoms with van der Waals surface area (Å²) in [6.07, 6.45) is 1.94. The van der Waals surface area contributed by atoms with Crippen LogP contribution in [0.3, 0.4) is 0 Å². The lowest BCUT2D eigenvalue weighted by Crippen LogP contribution is -2.29. The summed E-state index contributed by atoms with van der Waals surface area (Å²) in [5.41, 5.74) is 2.41. The molecule has 5 nitrogen and oxygen atoms in total. The number of anilines is 1. The number of carbonyl (C=O) groups excluding carboxylic acids is 2. The number of hydrogen-bond acceptors (Lipinski definition) is 4. The van der Waals surface area contributed by atoms with Crippen molar-refractivity contribution < 1.29 is 19.1 Å². The van der Waals surface area contributed by atoms with Crippen LogP contribution in [0, 0.1) is 6.92 Å². The van der Waals surface area contributed by atoms with Crippen LogP contribution in [-0.4, -0.2) is 25.1 Å². The van der Waals surface area contributed by atoms with E-state index in [4.69, 9.17) is 21.1 Å². The number of benzene rings is 2. The predicted molar refractivity (Wildman–Crippen MR) is 102 cm³/mol. The van der Waals surface area contributed by atoms with Crippen LogP contribution in [0.25, 0.3) is 6.08 Å². The van der Waals surface area contributed by atoms with Crippen molar-refractivity contribution in [1.29, 1.82) is 0 Å². The van der Waals surface area contributed by atoms with Crippen LogP contribution in [0.4, 0.5) is 5.69 Å². The van der Waals surface area contributed by atoms with E-state index in [9.17, 15) is 9.59 Å². The highest BCUT2D eigenvalue weighted by molar-refractivity contribution is 6.31. The summed E-state index contributed by atoms with van der Waals surface area (Å²) < 4.78 is 10.3. The number of carbonyl (C=O) groups is 2. The molecule has 0 fully saturated rings. The third-order valence-electron chi connectivity index (χ3n) is 3.57. The number of aryl methyl sites for hydroxylation is 1. The molecule has 0 saturated heterocycles. The van der Waals surface area contributed by atoms with E-state index in [-0.39, 0.29) is 0 Å². The Morgan fingerprint density at radius 3 is 2.50 bits per heavy atom. The van der Waals surface area contributed by atoms with Crippen LogP contribution in [0.15, 0.2) is 48.5 Å². The van der Waals surface area contributed by atoms with Gasteiger partial charge in [0.2, 0.25) is 0 Å². The zero-order chi connectivity index (χ0) is 19.1. The topological polar surface area (TPSA) is 64.6 Å². The lowest BCUT2D eigenvalue weighted by Gasteiger charge is -2.14. The van der Waals surface area contributed by atoms with Gasteiger partial charge < -0.3 is 14.8 Å². The quantitative estimate of drug-likeness (QED) is 0.607. The van der Waals surface area contributed by atoms with Crippen molar-refractivity contribution in [3.8, 4) is 5.75 Å². The maximum Gasteiger partial charge on any atom is 0.331 e. The van der Waals surface area contributed by atoms with E-state index in [0.717, 1.165) is 11.1 Å². The van der Waals surface area contributed by atoms with Gasteiger partial charge in [-0.15, -0.1) is 0 Å². The lowest BCUT2D eigenvalue weighted by atomic mass is 10.1. The maximum absolute atomic E-state index is 12.2.